The molecule has 1 aromatic rings. The summed E-state index contributed by atoms with van der Waals surface area (Å²) in [6, 6.07) is 4.60. The van der Waals surface area contributed by atoms with Crippen LogP contribution in [0, 0.1) is 0 Å². The van der Waals surface area contributed by atoms with Crippen LogP contribution in [0.2, 0.25) is 0 Å². The summed E-state index contributed by atoms with van der Waals surface area (Å²) in [4.78, 5) is 10.8. The molecule has 1 aliphatic rings. The van der Waals surface area contributed by atoms with Crippen molar-refractivity contribution in [3.8, 4) is 5.75 Å². The number of aromatic carboxylic acids is 1. The van der Waals surface area contributed by atoms with Gasteiger partial charge < -0.3 is 15.6 Å². The lowest BCUT2D eigenvalue weighted by molar-refractivity contribution is 0.0696. The number of ether oxygens (including phenoxy) is 1. The van der Waals surface area contributed by atoms with Crippen LogP contribution in [0.4, 0.5) is 5.69 Å². The summed E-state index contributed by atoms with van der Waals surface area (Å²) >= 11 is 0. The van der Waals surface area contributed by atoms with Crippen LogP contribution in [0.15, 0.2) is 18.2 Å². The molecule has 1 aromatic carbocycles. The van der Waals surface area contributed by atoms with E-state index in [0.29, 0.717) is 11.4 Å². The molecule has 0 unspecified atom stereocenters. The Morgan fingerprint density at radius 2 is 2.06 bits per heavy atom. The lowest BCUT2D eigenvalue weighted by atomic mass is 10.1. The summed E-state index contributed by atoms with van der Waals surface area (Å²) in [7, 11) is 0. The first-order valence-corrected chi connectivity index (χ1v) is 5.82. The highest BCUT2D eigenvalue weighted by molar-refractivity contribution is 5.89. The van der Waals surface area contributed by atoms with Gasteiger partial charge in [-0.3, -0.25) is 0 Å². The van der Waals surface area contributed by atoms with Crippen LogP contribution in [0.3, 0.4) is 0 Å². The number of carbonyl (C=O) groups is 1. The van der Waals surface area contributed by atoms with Crippen LogP contribution in [-0.4, -0.2) is 16.7 Å². The summed E-state index contributed by atoms with van der Waals surface area (Å²) in [5.41, 5.74) is 6.23. The van der Waals surface area contributed by atoms with Gasteiger partial charge in [-0.05, 0) is 50.8 Å². The molecule has 2 rings (SSSR count). The maximum absolute atomic E-state index is 10.8. The van der Waals surface area contributed by atoms with Crippen LogP contribution in [0.5, 0.6) is 5.75 Å². The first-order chi connectivity index (χ1) is 8.00. The highest BCUT2D eigenvalue weighted by Gasteiger charge is 2.31. The Bertz CT molecular complexity index is 436. The Morgan fingerprint density at radius 1 is 1.41 bits per heavy atom. The zero-order valence-corrected chi connectivity index (χ0v) is 9.90. The first kappa shape index (κ1) is 11.8. The fourth-order valence-electron chi connectivity index (χ4n) is 2.26. The molecule has 0 spiro atoms. The predicted octanol–water partition coefficient (Wildman–Crippen LogP) is 2.68. The molecule has 0 heterocycles. The molecule has 1 aliphatic carbocycles. The third-order valence-electron chi connectivity index (χ3n) is 3.27. The minimum atomic E-state index is -0.977. The van der Waals surface area contributed by atoms with Crippen LogP contribution in [-0.2, 0) is 0 Å². The van der Waals surface area contributed by atoms with Gasteiger partial charge in [0.15, 0.2) is 0 Å². The van der Waals surface area contributed by atoms with Gasteiger partial charge in [0.2, 0.25) is 0 Å². The average molecular weight is 235 g/mol. The van der Waals surface area contributed by atoms with E-state index in [4.69, 9.17) is 15.6 Å². The summed E-state index contributed by atoms with van der Waals surface area (Å²) in [5, 5.41) is 8.84. The molecule has 0 saturated heterocycles. The van der Waals surface area contributed by atoms with Gasteiger partial charge in [0.1, 0.15) is 11.4 Å². The van der Waals surface area contributed by atoms with Gasteiger partial charge in [0, 0.05) is 0 Å². The van der Waals surface area contributed by atoms with Crippen molar-refractivity contribution in [2.75, 3.05) is 5.73 Å². The van der Waals surface area contributed by atoms with Crippen molar-refractivity contribution in [3.63, 3.8) is 0 Å². The van der Waals surface area contributed by atoms with E-state index in [9.17, 15) is 4.79 Å². The van der Waals surface area contributed by atoms with Gasteiger partial charge in [-0.15, -0.1) is 0 Å². The SMILES string of the molecule is CC1(Oc2ccc(C(=O)O)cc2N)CCCC1. The normalized spacial score (nSPS) is 17.9. The average Bonchev–Trinajstić information content (AvgIpc) is 2.68. The van der Waals surface area contributed by atoms with Gasteiger partial charge in [0.25, 0.3) is 0 Å². The Balaban J connectivity index is 2.19. The van der Waals surface area contributed by atoms with E-state index in [2.05, 4.69) is 6.92 Å². The highest BCUT2D eigenvalue weighted by Crippen LogP contribution is 2.36. The number of nitrogens with two attached hydrogens (primary N) is 1. The third-order valence-corrected chi connectivity index (χ3v) is 3.27. The molecule has 0 aliphatic heterocycles. The second-order valence-electron chi connectivity index (χ2n) is 4.82. The van der Waals surface area contributed by atoms with Crippen molar-refractivity contribution in [2.45, 2.75) is 38.2 Å². The number of carboxylic acids is 1. The molecule has 92 valence electrons. The number of benzene rings is 1. The number of hydrogen-bond donors (Lipinski definition) is 2. The molecule has 0 atom stereocenters. The van der Waals surface area contributed by atoms with Crippen LogP contribution < -0.4 is 10.5 Å². The van der Waals surface area contributed by atoms with Gasteiger partial charge in [-0.25, -0.2) is 4.79 Å². The molecule has 0 radical (unpaired) electrons. The van der Waals surface area contributed by atoms with Crippen molar-refractivity contribution in [1.29, 1.82) is 0 Å². The molecule has 0 bridgehead atoms. The Hall–Kier alpha value is -1.71. The second kappa shape index (κ2) is 4.28. The predicted molar refractivity (Wildman–Crippen MR) is 65.3 cm³/mol. The standard InChI is InChI=1S/C13H17NO3/c1-13(6-2-3-7-13)17-11-5-4-9(12(15)16)8-10(11)14/h4-5,8H,2-3,6-7,14H2,1H3,(H,15,16). The van der Waals surface area contributed by atoms with E-state index in [1.807, 2.05) is 0 Å². The smallest absolute Gasteiger partial charge is 0.335 e. The summed E-state index contributed by atoms with van der Waals surface area (Å²) < 4.78 is 5.91. The third kappa shape index (κ3) is 2.52. The van der Waals surface area contributed by atoms with Gasteiger partial charge in [-0.1, -0.05) is 0 Å². The molecule has 0 aromatic heterocycles. The van der Waals surface area contributed by atoms with Crippen molar-refractivity contribution >= 4 is 11.7 Å². The van der Waals surface area contributed by atoms with E-state index in [0.717, 1.165) is 12.8 Å². The Kier molecular flexibility index (Phi) is 2.96. The van der Waals surface area contributed by atoms with Gasteiger partial charge in [-0.2, -0.15) is 0 Å². The lowest BCUT2D eigenvalue weighted by Crippen LogP contribution is -2.28. The van der Waals surface area contributed by atoms with Crippen LogP contribution in [0.25, 0.3) is 0 Å². The van der Waals surface area contributed by atoms with E-state index in [1.165, 1.54) is 25.0 Å². The molecular weight excluding hydrogens is 218 g/mol. The zero-order valence-electron chi connectivity index (χ0n) is 9.90. The van der Waals surface area contributed by atoms with E-state index in [1.54, 1.807) is 6.07 Å². The fourth-order valence-corrected chi connectivity index (χ4v) is 2.26. The van der Waals surface area contributed by atoms with Crippen molar-refractivity contribution in [1.82, 2.24) is 0 Å². The van der Waals surface area contributed by atoms with E-state index < -0.39 is 5.97 Å². The number of nitrogen functional groups attached to an aromatic ring is 1. The summed E-state index contributed by atoms with van der Waals surface area (Å²) in [5.74, 6) is -0.394. The molecule has 1 saturated carbocycles. The summed E-state index contributed by atoms with van der Waals surface area (Å²) in [6.45, 7) is 2.07. The minimum Gasteiger partial charge on any atom is -0.485 e. The summed E-state index contributed by atoms with van der Waals surface area (Å²) in [6.07, 6.45) is 4.38. The highest BCUT2D eigenvalue weighted by atomic mass is 16.5. The molecule has 3 N–H and O–H groups in total. The second-order valence-corrected chi connectivity index (χ2v) is 4.82. The number of anilines is 1. The maximum atomic E-state index is 10.8. The van der Waals surface area contributed by atoms with E-state index >= 15 is 0 Å². The van der Waals surface area contributed by atoms with Gasteiger partial charge in [0.05, 0.1) is 11.3 Å². The first-order valence-electron chi connectivity index (χ1n) is 5.82. The van der Waals surface area contributed by atoms with Crippen molar-refractivity contribution in [2.24, 2.45) is 0 Å². The molecule has 4 heteroatoms. The monoisotopic (exact) mass is 235 g/mol. The molecule has 0 amide bonds. The fraction of sp³-hybridized carbons (Fsp3) is 0.462. The largest absolute Gasteiger partial charge is 0.485 e. The zero-order chi connectivity index (χ0) is 12.5. The van der Waals surface area contributed by atoms with E-state index in [-0.39, 0.29) is 11.2 Å². The van der Waals surface area contributed by atoms with Crippen LogP contribution >= 0.6 is 0 Å². The van der Waals surface area contributed by atoms with Crippen LogP contribution in [0.1, 0.15) is 43.0 Å². The number of carboxylic acid groups (broad SMARTS) is 1. The maximum Gasteiger partial charge on any atom is 0.335 e. The Morgan fingerprint density at radius 3 is 2.59 bits per heavy atom. The Labute approximate surface area is 100 Å². The van der Waals surface area contributed by atoms with Gasteiger partial charge >= 0.3 is 5.97 Å². The number of rotatable bonds is 3. The topological polar surface area (TPSA) is 72.5 Å². The molecule has 1 fully saturated rings. The quantitative estimate of drug-likeness (QED) is 0.790. The molecule has 4 nitrogen and oxygen atoms in total. The van der Waals surface area contributed by atoms with Crippen molar-refractivity contribution in [3.05, 3.63) is 23.8 Å². The van der Waals surface area contributed by atoms with Crippen molar-refractivity contribution < 1.29 is 14.6 Å². The molecular formula is C13H17NO3. The minimum absolute atomic E-state index is 0.154. The lowest BCUT2D eigenvalue weighted by Gasteiger charge is -2.26. The molecule has 17 heavy (non-hydrogen) atoms. The number of hydrogen-bond acceptors (Lipinski definition) is 3.